The van der Waals surface area contributed by atoms with E-state index in [4.69, 9.17) is 10.5 Å². The minimum Gasteiger partial charge on any atom is -0.495 e. The molecule has 2 amide bonds. The number of likely N-dealkylation sites (N-methyl/N-ethyl adjacent to an activating group) is 1. The smallest absolute Gasteiger partial charge is 0.272 e. The van der Waals surface area contributed by atoms with Crippen LogP contribution in [0.5, 0.6) is 5.75 Å². The van der Waals surface area contributed by atoms with Gasteiger partial charge < -0.3 is 25.7 Å². The highest BCUT2D eigenvalue weighted by molar-refractivity contribution is 7.18. The Morgan fingerprint density at radius 2 is 2.05 bits per heavy atom. The van der Waals surface area contributed by atoms with Crippen LogP contribution in [-0.2, 0) is 11.8 Å². The lowest BCUT2D eigenvalue weighted by molar-refractivity contribution is -0.116. The van der Waals surface area contributed by atoms with E-state index >= 15 is 0 Å². The fraction of sp³-hybridized carbons (Fsp3) is 0.265. The number of likely N-dealkylation sites (tertiary alicyclic amines) is 1. The molecule has 226 valence electrons. The lowest BCUT2D eigenvalue weighted by atomic mass is 10.0. The lowest BCUT2D eigenvalue weighted by Gasteiger charge is -2.22. The molecule has 4 heterocycles. The van der Waals surface area contributed by atoms with E-state index < -0.39 is 0 Å². The summed E-state index contributed by atoms with van der Waals surface area (Å²) in [6.07, 6.45) is 7.34. The van der Waals surface area contributed by atoms with Crippen LogP contribution in [0.1, 0.15) is 35.8 Å². The number of aryl methyl sites for hydroxylation is 1. The van der Waals surface area contributed by atoms with Gasteiger partial charge in [-0.15, -0.1) is 11.3 Å². The van der Waals surface area contributed by atoms with Crippen LogP contribution in [-0.4, -0.2) is 59.1 Å². The highest BCUT2D eigenvalue weighted by Gasteiger charge is 2.23. The molecular formula is C34H36N6O3S. The minimum atomic E-state index is -0.226. The molecule has 0 radical (unpaired) electrons. The first kappa shape index (κ1) is 29.4. The second-order valence-corrected chi connectivity index (χ2v) is 11.9. The zero-order valence-corrected chi connectivity index (χ0v) is 25.9. The zero-order chi connectivity index (χ0) is 30.8. The number of rotatable bonds is 9. The monoisotopic (exact) mass is 608 g/mol. The van der Waals surface area contributed by atoms with E-state index in [9.17, 15) is 9.59 Å². The number of nitrogens with two attached hydrogens (primary N) is 1. The fourth-order valence-corrected chi connectivity index (χ4v) is 7.14. The van der Waals surface area contributed by atoms with Gasteiger partial charge in [0.2, 0.25) is 5.91 Å². The van der Waals surface area contributed by atoms with Gasteiger partial charge in [-0.25, -0.2) is 4.98 Å². The van der Waals surface area contributed by atoms with Gasteiger partial charge in [-0.05, 0) is 67.2 Å². The van der Waals surface area contributed by atoms with Crippen molar-refractivity contribution in [1.29, 1.82) is 0 Å². The summed E-state index contributed by atoms with van der Waals surface area (Å²) < 4.78 is 8.51. The first-order valence-electron chi connectivity index (χ1n) is 14.8. The Morgan fingerprint density at radius 3 is 2.84 bits per heavy atom. The average Bonchev–Trinajstić information content (AvgIpc) is 3.78. The number of anilines is 2. The summed E-state index contributed by atoms with van der Waals surface area (Å²) in [6, 6.07) is 15.8. The summed E-state index contributed by atoms with van der Waals surface area (Å²) in [5, 5.41) is 9.89. The van der Waals surface area contributed by atoms with Crippen LogP contribution in [0, 0.1) is 0 Å². The Kier molecular flexibility index (Phi) is 8.36. The summed E-state index contributed by atoms with van der Waals surface area (Å²) in [4.78, 5) is 32.7. The van der Waals surface area contributed by atoms with Crippen molar-refractivity contribution in [3.8, 4) is 16.9 Å². The van der Waals surface area contributed by atoms with Gasteiger partial charge in [0.05, 0.1) is 12.8 Å². The first-order chi connectivity index (χ1) is 21.4. The van der Waals surface area contributed by atoms with Crippen molar-refractivity contribution >= 4 is 61.7 Å². The third-order valence-electron chi connectivity index (χ3n) is 8.43. The molecule has 0 spiro atoms. The predicted octanol–water partition coefficient (Wildman–Crippen LogP) is 5.91. The van der Waals surface area contributed by atoms with E-state index in [0.29, 0.717) is 35.5 Å². The number of nitrogen functional groups attached to an aromatic ring is 1. The van der Waals surface area contributed by atoms with Crippen LogP contribution in [0.25, 0.3) is 38.2 Å². The third kappa shape index (κ3) is 5.66. The van der Waals surface area contributed by atoms with Crippen molar-refractivity contribution in [3.63, 3.8) is 0 Å². The van der Waals surface area contributed by atoms with E-state index in [1.807, 2.05) is 65.5 Å². The van der Waals surface area contributed by atoms with Gasteiger partial charge in [0.25, 0.3) is 5.91 Å². The third-order valence-corrected chi connectivity index (χ3v) is 9.46. The molecule has 4 N–H and O–H groups in total. The molecule has 10 heteroatoms. The number of para-hydroxylation sites is 1. The summed E-state index contributed by atoms with van der Waals surface area (Å²) >= 11 is 1.54. The molecule has 1 aliphatic heterocycles. The molecule has 2 aromatic carbocycles. The topological polar surface area (TPSA) is 115 Å². The summed E-state index contributed by atoms with van der Waals surface area (Å²) in [5.41, 5.74) is 11.1. The van der Waals surface area contributed by atoms with Crippen molar-refractivity contribution in [1.82, 2.24) is 19.8 Å². The van der Waals surface area contributed by atoms with Gasteiger partial charge in [-0.2, -0.15) is 0 Å². The Hall–Kier alpha value is -4.67. The van der Waals surface area contributed by atoms with Crippen LogP contribution in [0.15, 0.2) is 66.2 Å². The van der Waals surface area contributed by atoms with Gasteiger partial charge in [0.15, 0.2) is 0 Å². The van der Waals surface area contributed by atoms with Crippen LogP contribution < -0.4 is 21.1 Å². The largest absolute Gasteiger partial charge is 0.495 e. The quantitative estimate of drug-likeness (QED) is 0.179. The highest BCUT2D eigenvalue weighted by Crippen LogP contribution is 2.41. The first-order valence-corrected chi connectivity index (χ1v) is 15.7. The molecule has 0 saturated carbocycles. The van der Waals surface area contributed by atoms with Crippen LogP contribution in [0.2, 0.25) is 0 Å². The number of amides is 2. The number of thiophene rings is 1. The molecular weight excluding hydrogens is 572 g/mol. The van der Waals surface area contributed by atoms with E-state index in [0.717, 1.165) is 57.2 Å². The molecule has 1 saturated heterocycles. The van der Waals surface area contributed by atoms with Crippen molar-refractivity contribution in [2.45, 2.75) is 25.8 Å². The number of fused-ring (bicyclic) bond motifs is 2. The number of benzene rings is 2. The van der Waals surface area contributed by atoms with Crippen molar-refractivity contribution in [2.24, 2.45) is 7.05 Å². The molecule has 1 atom stereocenters. The van der Waals surface area contributed by atoms with Crippen molar-refractivity contribution in [2.75, 3.05) is 37.8 Å². The van der Waals surface area contributed by atoms with Crippen LogP contribution in [0.4, 0.5) is 11.5 Å². The van der Waals surface area contributed by atoms with Crippen molar-refractivity contribution in [3.05, 3.63) is 77.4 Å². The summed E-state index contributed by atoms with van der Waals surface area (Å²) in [6.45, 7) is 4.90. The number of hydrogen-bond acceptors (Lipinski definition) is 7. The van der Waals surface area contributed by atoms with Gasteiger partial charge in [0.1, 0.15) is 17.3 Å². The highest BCUT2D eigenvalue weighted by atomic mass is 32.1. The second-order valence-electron chi connectivity index (χ2n) is 11.0. The molecule has 5 aromatic rings. The van der Waals surface area contributed by atoms with Gasteiger partial charge in [-0.3, -0.25) is 14.5 Å². The van der Waals surface area contributed by atoms with Crippen LogP contribution in [0.3, 0.4) is 0 Å². The maximum Gasteiger partial charge on any atom is 0.272 e. The van der Waals surface area contributed by atoms with E-state index in [1.54, 1.807) is 36.8 Å². The Morgan fingerprint density at radius 1 is 1.20 bits per heavy atom. The van der Waals surface area contributed by atoms with Gasteiger partial charge >= 0.3 is 0 Å². The average molecular weight is 609 g/mol. The molecule has 0 bridgehead atoms. The SMILES string of the molecule is CCN1CCC[C@@H]1CNC(=O)/C=C/c1cnc(N)c2c(-c3ccc(NC(=O)c4cc5ccccc5n4C)c(OC)c3)csc12. The van der Waals surface area contributed by atoms with Crippen LogP contribution >= 0.6 is 11.3 Å². The Labute approximate surface area is 260 Å². The second kappa shape index (κ2) is 12.5. The molecule has 0 unspecified atom stereocenters. The molecule has 1 aliphatic rings. The Bertz CT molecular complexity index is 1890. The lowest BCUT2D eigenvalue weighted by Crippen LogP contribution is -2.39. The van der Waals surface area contributed by atoms with E-state index in [1.165, 1.54) is 6.42 Å². The van der Waals surface area contributed by atoms with Crippen molar-refractivity contribution < 1.29 is 14.3 Å². The minimum absolute atomic E-state index is 0.125. The van der Waals surface area contributed by atoms with E-state index in [2.05, 4.69) is 27.4 Å². The molecule has 9 nitrogen and oxygen atoms in total. The summed E-state index contributed by atoms with van der Waals surface area (Å²) in [7, 11) is 3.46. The molecule has 44 heavy (non-hydrogen) atoms. The van der Waals surface area contributed by atoms with E-state index in [-0.39, 0.29) is 11.8 Å². The normalized spacial score (nSPS) is 15.4. The fourth-order valence-electron chi connectivity index (χ4n) is 6.06. The number of methoxy groups -OCH3 is 1. The maximum atomic E-state index is 13.2. The predicted molar refractivity (Wildman–Crippen MR) is 179 cm³/mol. The Balaban J connectivity index is 1.22. The number of carbonyl (C=O) groups is 2. The summed E-state index contributed by atoms with van der Waals surface area (Å²) in [5.74, 6) is 0.582. The van der Waals surface area contributed by atoms with Gasteiger partial charge in [-0.1, -0.05) is 31.2 Å². The van der Waals surface area contributed by atoms with Gasteiger partial charge in [0, 0.05) is 64.0 Å². The maximum absolute atomic E-state index is 13.2. The number of nitrogens with one attached hydrogen (secondary N) is 2. The number of ether oxygens (including phenoxy) is 1. The number of carbonyl (C=O) groups excluding carboxylic acids is 2. The molecule has 1 fully saturated rings. The number of pyridine rings is 1. The molecule has 3 aromatic heterocycles. The zero-order valence-electron chi connectivity index (χ0n) is 25.1. The number of hydrogen-bond donors (Lipinski definition) is 3. The molecule has 6 rings (SSSR count). The standard InChI is InChI=1S/C34H36N6O3S/c1-4-40-15-7-9-24(40)19-36-30(41)14-12-23-18-37-33(35)31-25(20-44-32(23)31)21-11-13-26(29(17-21)43-3)38-34(42)28-16-22-8-5-6-10-27(22)39(28)2/h5-6,8,10-14,16-18,20,24H,4,7,9,15,19H2,1-3H3,(H2,35,37)(H,36,41)(H,38,42)/b14-12+/t24-/m1/s1. The molecule has 0 aliphatic carbocycles. The number of nitrogens with zero attached hydrogens (tertiary/aromatic N) is 3. The number of aromatic nitrogens is 2.